The molecule has 2 heterocycles. The summed E-state index contributed by atoms with van der Waals surface area (Å²) in [4.78, 5) is 80.5. The number of nitrogens with zero attached hydrogens (tertiary/aromatic N) is 3. The summed E-state index contributed by atoms with van der Waals surface area (Å²) in [7, 11) is 1.57. The summed E-state index contributed by atoms with van der Waals surface area (Å²) >= 11 is 0. The first-order valence-corrected chi connectivity index (χ1v) is 14.0. The predicted octanol–water partition coefficient (Wildman–Crippen LogP) is -1.40. The smallest absolute Gasteiger partial charge is 0.271 e. The molecule has 2 aliphatic rings. The highest BCUT2D eigenvalue weighted by atomic mass is 16.8. The summed E-state index contributed by atoms with van der Waals surface area (Å²) in [5.41, 5.74) is -0.0962. The van der Waals surface area contributed by atoms with Crippen molar-refractivity contribution in [1.82, 2.24) is 31.0 Å². The number of piperidine rings is 1. The Labute approximate surface area is 247 Å². The van der Waals surface area contributed by atoms with Gasteiger partial charge in [0.2, 0.25) is 23.6 Å². The van der Waals surface area contributed by atoms with E-state index in [4.69, 9.17) is 4.84 Å². The van der Waals surface area contributed by atoms with Crippen molar-refractivity contribution in [3.8, 4) is 5.75 Å². The SMILES string of the molecule is C[C@H](NC(=O)[C@@H](CO)NC(=O)c1ccccc1O)C(=O)NCCC(=O)N(O)CCCCC(=O)N(C)[C@H]1CC[C@H]2ON2C1=O. The Morgan fingerprint density at radius 3 is 2.47 bits per heavy atom. The number of fused-ring (bicyclic) bond motifs is 1. The number of phenols is 1. The van der Waals surface area contributed by atoms with Crippen LogP contribution in [0.1, 0.15) is 55.8 Å². The minimum atomic E-state index is -1.39. The average molecular weight is 607 g/mol. The maximum absolute atomic E-state index is 12.5. The zero-order chi connectivity index (χ0) is 31.7. The summed E-state index contributed by atoms with van der Waals surface area (Å²) in [6, 6.07) is 2.62. The van der Waals surface area contributed by atoms with Crippen molar-refractivity contribution in [1.29, 1.82) is 0 Å². The lowest BCUT2D eigenvalue weighted by Gasteiger charge is -2.28. The number of amides is 6. The Kier molecular flexibility index (Phi) is 11.8. The van der Waals surface area contributed by atoms with Crippen LogP contribution in [0.15, 0.2) is 24.3 Å². The number of aliphatic hydroxyl groups excluding tert-OH is 1. The highest BCUT2D eigenvalue weighted by Gasteiger charge is 2.50. The van der Waals surface area contributed by atoms with Gasteiger partial charge in [0.1, 0.15) is 23.9 Å². The van der Waals surface area contributed by atoms with E-state index in [1.165, 1.54) is 41.2 Å². The molecular formula is C27H38N6O10. The molecule has 0 radical (unpaired) electrons. The first-order chi connectivity index (χ1) is 20.4. The Bertz CT molecular complexity index is 1210. The molecule has 236 valence electrons. The van der Waals surface area contributed by atoms with Gasteiger partial charge in [-0.3, -0.25) is 34.0 Å². The third-order valence-electron chi connectivity index (χ3n) is 7.14. The van der Waals surface area contributed by atoms with E-state index >= 15 is 0 Å². The molecule has 0 aliphatic carbocycles. The van der Waals surface area contributed by atoms with Crippen molar-refractivity contribution in [2.24, 2.45) is 0 Å². The van der Waals surface area contributed by atoms with E-state index in [9.17, 15) is 44.2 Å². The van der Waals surface area contributed by atoms with Crippen LogP contribution in [0.2, 0.25) is 0 Å². The van der Waals surface area contributed by atoms with Crippen molar-refractivity contribution in [2.75, 3.05) is 26.7 Å². The molecule has 6 N–H and O–H groups in total. The zero-order valence-corrected chi connectivity index (χ0v) is 24.0. The molecular weight excluding hydrogens is 568 g/mol. The van der Waals surface area contributed by atoms with Gasteiger partial charge in [-0.25, -0.2) is 9.90 Å². The second-order valence-electron chi connectivity index (χ2n) is 10.3. The van der Waals surface area contributed by atoms with Crippen molar-refractivity contribution in [3.05, 3.63) is 29.8 Å². The number of likely N-dealkylation sites (N-methyl/N-ethyl adjacent to an activating group) is 1. The van der Waals surface area contributed by atoms with Gasteiger partial charge in [0, 0.05) is 33.0 Å². The topological polar surface area (TPSA) is 221 Å². The number of carbonyl (C=O) groups excluding carboxylic acids is 6. The summed E-state index contributed by atoms with van der Waals surface area (Å²) in [6.07, 6.45) is 1.67. The number of aromatic hydroxyl groups is 1. The van der Waals surface area contributed by atoms with E-state index in [1.807, 2.05) is 0 Å². The maximum Gasteiger partial charge on any atom is 0.271 e. The molecule has 16 heteroatoms. The van der Waals surface area contributed by atoms with Gasteiger partial charge < -0.3 is 31.1 Å². The fraction of sp³-hybridized carbons (Fsp3) is 0.556. The van der Waals surface area contributed by atoms with Gasteiger partial charge in [0.15, 0.2) is 6.23 Å². The molecule has 4 atom stereocenters. The molecule has 6 amide bonds. The molecule has 1 aromatic rings. The Balaban J connectivity index is 1.30. The average Bonchev–Trinajstić information content (AvgIpc) is 3.78. The fourth-order valence-electron chi connectivity index (χ4n) is 4.46. The van der Waals surface area contributed by atoms with E-state index in [0.717, 1.165) is 0 Å². The van der Waals surface area contributed by atoms with Crippen LogP contribution >= 0.6 is 0 Å². The van der Waals surface area contributed by atoms with Gasteiger partial charge in [0.25, 0.3) is 11.8 Å². The summed E-state index contributed by atoms with van der Waals surface area (Å²) < 4.78 is 0. The van der Waals surface area contributed by atoms with E-state index in [2.05, 4.69) is 16.0 Å². The molecule has 16 nitrogen and oxygen atoms in total. The number of para-hydroxylation sites is 1. The van der Waals surface area contributed by atoms with Crippen LogP contribution in [0.5, 0.6) is 5.75 Å². The lowest BCUT2D eigenvalue weighted by atomic mass is 10.0. The van der Waals surface area contributed by atoms with Crippen LogP contribution in [0, 0.1) is 0 Å². The number of rotatable bonds is 15. The third kappa shape index (κ3) is 9.10. The number of phenolic OH excluding ortho intramolecular Hbond substituents is 1. The number of aliphatic hydroxyl groups is 1. The highest BCUT2D eigenvalue weighted by Crippen LogP contribution is 2.33. The number of unbranched alkanes of at least 4 members (excludes halogenated alkanes) is 1. The maximum atomic E-state index is 12.5. The monoisotopic (exact) mass is 606 g/mol. The summed E-state index contributed by atoms with van der Waals surface area (Å²) in [6.45, 7) is 0.434. The standard InChI is InChI=1S/C27H38N6O10/c1-16(29-26(40)18(15-34)30-25(39)17-7-3-4-8-20(17)35)24(38)28-13-12-22(37)32(42)14-6-5-9-21(36)31(2)19-10-11-23-33(43-23)27(19)41/h3-4,7-8,16,18-19,23,34-35,42H,5-6,9-15H2,1-2H3,(H,28,38)(H,29,40)(H,30,39)/t16-,18+,19-,23+,33?/m0/s1. The van der Waals surface area contributed by atoms with Crippen molar-refractivity contribution in [2.45, 2.75) is 69.8 Å². The fourth-order valence-corrected chi connectivity index (χ4v) is 4.46. The van der Waals surface area contributed by atoms with Crippen LogP contribution in [-0.4, -0.2) is 117 Å². The van der Waals surface area contributed by atoms with Crippen LogP contribution in [0.3, 0.4) is 0 Å². The Morgan fingerprint density at radius 2 is 1.77 bits per heavy atom. The third-order valence-corrected chi connectivity index (χ3v) is 7.14. The molecule has 2 aliphatic heterocycles. The number of carbonyl (C=O) groups is 6. The molecule has 0 unspecified atom stereocenters. The number of benzene rings is 1. The molecule has 0 spiro atoms. The van der Waals surface area contributed by atoms with Gasteiger partial charge in [0.05, 0.1) is 12.2 Å². The molecule has 2 fully saturated rings. The van der Waals surface area contributed by atoms with Crippen LogP contribution in [0.25, 0.3) is 0 Å². The van der Waals surface area contributed by atoms with E-state index in [0.29, 0.717) is 30.7 Å². The quantitative estimate of drug-likeness (QED) is 0.0593. The summed E-state index contributed by atoms with van der Waals surface area (Å²) in [5, 5.41) is 38.2. The van der Waals surface area contributed by atoms with Gasteiger partial charge in [-0.2, -0.15) is 5.06 Å². The molecule has 1 aromatic carbocycles. The highest BCUT2D eigenvalue weighted by molar-refractivity contribution is 6.00. The second kappa shape index (κ2) is 15.3. The van der Waals surface area contributed by atoms with Gasteiger partial charge in [-0.1, -0.05) is 12.1 Å². The van der Waals surface area contributed by atoms with Crippen molar-refractivity contribution >= 4 is 35.4 Å². The van der Waals surface area contributed by atoms with Crippen LogP contribution in [-0.2, 0) is 28.8 Å². The lowest BCUT2D eigenvalue weighted by Crippen LogP contribution is -2.54. The molecule has 2 saturated heterocycles. The van der Waals surface area contributed by atoms with Gasteiger partial charge in [-0.05, 0) is 44.7 Å². The molecule has 43 heavy (non-hydrogen) atoms. The van der Waals surface area contributed by atoms with Gasteiger partial charge in [-0.15, -0.1) is 0 Å². The normalized spacial score (nSPS) is 18.5. The zero-order valence-electron chi connectivity index (χ0n) is 24.0. The van der Waals surface area contributed by atoms with Gasteiger partial charge >= 0.3 is 0 Å². The minimum Gasteiger partial charge on any atom is -0.507 e. The minimum absolute atomic E-state index is 0.0308. The largest absolute Gasteiger partial charge is 0.507 e. The Morgan fingerprint density at radius 1 is 1.05 bits per heavy atom. The van der Waals surface area contributed by atoms with Crippen LogP contribution < -0.4 is 16.0 Å². The second-order valence-corrected chi connectivity index (χ2v) is 10.3. The van der Waals surface area contributed by atoms with E-state index < -0.39 is 48.4 Å². The molecule has 0 aromatic heterocycles. The molecule has 0 bridgehead atoms. The van der Waals surface area contributed by atoms with E-state index in [1.54, 1.807) is 7.05 Å². The number of hydroxylamine groups is 4. The first kappa shape index (κ1) is 33.2. The van der Waals surface area contributed by atoms with Crippen LogP contribution in [0.4, 0.5) is 0 Å². The summed E-state index contributed by atoms with van der Waals surface area (Å²) in [5.74, 6) is -3.70. The first-order valence-electron chi connectivity index (χ1n) is 14.0. The number of hydrogen-bond donors (Lipinski definition) is 6. The van der Waals surface area contributed by atoms with Crippen molar-refractivity contribution < 1.29 is 49.0 Å². The molecule has 3 rings (SSSR count). The number of nitrogens with one attached hydrogen (secondary N) is 3. The Hall–Kier alpha value is -4.28. The predicted molar refractivity (Wildman–Crippen MR) is 147 cm³/mol. The van der Waals surface area contributed by atoms with E-state index in [-0.39, 0.29) is 55.3 Å². The lowest BCUT2D eigenvalue weighted by molar-refractivity contribution is -0.165. The van der Waals surface area contributed by atoms with Crippen molar-refractivity contribution in [3.63, 3.8) is 0 Å². The number of hydrogen-bond acceptors (Lipinski definition) is 10. The molecule has 0 saturated carbocycles.